The fourth-order valence-corrected chi connectivity index (χ4v) is 4.71. The maximum atomic E-state index is 12.8. The number of aromatic amines is 1. The van der Waals surface area contributed by atoms with Crippen molar-refractivity contribution in [3.8, 4) is 5.75 Å². The number of nitrogens with zero attached hydrogens (tertiary/aromatic N) is 4. The monoisotopic (exact) mass is 669 g/mol. The standard InChI is InChI=1S/C23H31N5O4.2C2HF3O2/c1-17(2)15-32-20-6-4-3-5-18(20)14-26-10-7-23(8-11-26)9-12-27(16-23)22(29)21-19(28(30)31)13-24-25-21;2*3-2(4,5)1(6)7/h3-6,13,17H,7-12,14-16H2,1-2H3,(H,24,25);2*(H,6,7). The molecule has 3 heterocycles. The molecule has 256 valence electrons. The number of ether oxygens (including phenoxy) is 1. The fourth-order valence-electron chi connectivity index (χ4n) is 4.71. The van der Waals surface area contributed by atoms with Crippen LogP contribution in [0, 0.1) is 21.4 Å². The largest absolute Gasteiger partial charge is 0.493 e. The fraction of sp³-hybridized carbons (Fsp3) is 0.556. The predicted molar refractivity (Wildman–Crippen MR) is 147 cm³/mol. The Kier molecular flexibility index (Phi) is 12.9. The van der Waals surface area contributed by atoms with E-state index in [4.69, 9.17) is 24.5 Å². The number of alkyl halides is 6. The molecule has 2 aliphatic rings. The Morgan fingerprint density at radius 2 is 1.54 bits per heavy atom. The van der Waals surface area contributed by atoms with Crippen molar-refractivity contribution in [3.63, 3.8) is 0 Å². The molecule has 1 amide bonds. The molecule has 46 heavy (non-hydrogen) atoms. The van der Waals surface area contributed by atoms with E-state index in [0.29, 0.717) is 25.6 Å². The summed E-state index contributed by atoms with van der Waals surface area (Å²) in [4.78, 5) is 45.4. The number of hydrogen-bond acceptors (Lipinski definition) is 8. The topological polar surface area (TPSA) is 179 Å². The highest BCUT2D eigenvalue weighted by atomic mass is 19.4. The lowest BCUT2D eigenvalue weighted by atomic mass is 9.77. The molecule has 4 rings (SSSR count). The molecule has 2 saturated heterocycles. The number of para-hydroxylation sites is 1. The lowest BCUT2D eigenvalue weighted by Crippen LogP contribution is -2.42. The number of nitrogens with one attached hydrogen (secondary N) is 1. The Hall–Kier alpha value is -4.42. The van der Waals surface area contributed by atoms with Gasteiger partial charge in [0.1, 0.15) is 11.9 Å². The first-order valence-corrected chi connectivity index (χ1v) is 13.8. The number of amides is 1. The quantitative estimate of drug-likeness (QED) is 0.212. The predicted octanol–water partition coefficient (Wildman–Crippen LogP) is 4.75. The Morgan fingerprint density at radius 3 is 2.04 bits per heavy atom. The van der Waals surface area contributed by atoms with Crippen LogP contribution in [0.2, 0.25) is 0 Å². The average Bonchev–Trinajstić information content (AvgIpc) is 3.62. The minimum atomic E-state index is -5.08. The Bertz CT molecular complexity index is 1330. The highest BCUT2D eigenvalue weighted by Gasteiger charge is 2.43. The first-order chi connectivity index (χ1) is 21.3. The zero-order valence-electron chi connectivity index (χ0n) is 24.7. The molecule has 2 aliphatic heterocycles. The third-order valence-electron chi connectivity index (χ3n) is 7.10. The number of aliphatic carboxylic acids is 2. The lowest BCUT2D eigenvalue weighted by molar-refractivity contribution is -0.385. The molecule has 1 aromatic carbocycles. The summed E-state index contributed by atoms with van der Waals surface area (Å²) in [7, 11) is 0. The SMILES string of the molecule is CC(C)COc1ccccc1CN1CCC2(CC1)CCN(C(=O)c1[nH]ncc1[N+](=O)[O-])C2.O=C(O)C(F)(F)F.O=C(O)C(F)(F)F. The molecule has 13 nitrogen and oxygen atoms in total. The number of carboxylic acid groups (broad SMARTS) is 2. The second-order valence-corrected chi connectivity index (χ2v) is 11.1. The molecule has 0 atom stereocenters. The van der Waals surface area contributed by atoms with Crippen LogP contribution in [0.4, 0.5) is 32.0 Å². The summed E-state index contributed by atoms with van der Waals surface area (Å²) in [5.41, 5.74) is 1.01. The van der Waals surface area contributed by atoms with Crippen molar-refractivity contribution in [2.75, 3.05) is 32.8 Å². The van der Waals surface area contributed by atoms with Crippen LogP contribution in [-0.2, 0) is 16.1 Å². The molecule has 3 N–H and O–H groups in total. The van der Waals surface area contributed by atoms with Crippen LogP contribution in [-0.4, -0.2) is 98.1 Å². The van der Waals surface area contributed by atoms with Crippen LogP contribution in [0.1, 0.15) is 49.2 Å². The minimum absolute atomic E-state index is 0.0255. The van der Waals surface area contributed by atoms with Crippen LogP contribution in [0.3, 0.4) is 0 Å². The van der Waals surface area contributed by atoms with E-state index in [-0.39, 0.29) is 22.7 Å². The van der Waals surface area contributed by atoms with Crippen LogP contribution < -0.4 is 4.74 Å². The van der Waals surface area contributed by atoms with Crippen LogP contribution >= 0.6 is 0 Å². The number of aromatic nitrogens is 2. The van der Waals surface area contributed by atoms with Gasteiger partial charge in [-0.3, -0.25) is 24.9 Å². The summed E-state index contributed by atoms with van der Waals surface area (Å²) in [6, 6.07) is 8.24. The number of benzene rings is 1. The summed E-state index contributed by atoms with van der Waals surface area (Å²) < 4.78 is 69.5. The second kappa shape index (κ2) is 15.7. The van der Waals surface area contributed by atoms with E-state index >= 15 is 0 Å². The van der Waals surface area contributed by atoms with Crippen molar-refractivity contribution in [2.45, 2.75) is 52.0 Å². The number of carboxylic acids is 2. The summed E-state index contributed by atoms with van der Waals surface area (Å²) in [6.45, 7) is 9.05. The van der Waals surface area contributed by atoms with Gasteiger partial charge in [-0.2, -0.15) is 31.4 Å². The zero-order chi connectivity index (χ0) is 34.9. The van der Waals surface area contributed by atoms with Crippen molar-refractivity contribution in [3.05, 3.63) is 51.8 Å². The number of nitro groups is 1. The zero-order valence-corrected chi connectivity index (χ0v) is 24.7. The smallest absolute Gasteiger partial charge is 0.490 e. The van der Waals surface area contributed by atoms with Crippen molar-refractivity contribution >= 4 is 23.5 Å². The van der Waals surface area contributed by atoms with Gasteiger partial charge < -0.3 is 19.8 Å². The molecule has 1 spiro atoms. The first kappa shape index (κ1) is 37.8. The molecule has 0 aliphatic carbocycles. The average molecular weight is 670 g/mol. The molecule has 2 aromatic rings. The van der Waals surface area contributed by atoms with Gasteiger partial charge in [0.15, 0.2) is 0 Å². The van der Waals surface area contributed by atoms with Gasteiger partial charge in [-0.05, 0) is 49.8 Å². The molecule has 0 bridgehead atoms. The van der Waals surface area contributed by atoms with E-state index in [0.717, 1.165) is 50.8 Å². The first-order valence-electron chi connectivity index (χ1n) is 13.8. The van der Waals surface area contributed by atoms with Gasteiger partial charge in [0.25, 0.3) is 5.91 Å². The lowest BCUT2D eigenvalue weighted by Gasteiger charge is -2.39. The van der Waals surface area contributed by atoms with E-state index in [1.54, 1.807) is 4.90 Å². The third kappa shape index (κ3) is 11.2. The van der Waals surface area contributed by atoms with Crippen LogP contribution in [0.15, 0.2) is 30.5 Å². The molecule has 0 radical (unpaired) electrons. The highest BCUT2D eigenvalue weighted by molar-refractivity contribution is 5.96. The van der Waals surface area contributed by atoms with Gasteiger partial charge in [-0.15, -0.1) is 0 Å². The van der Waals surface area contributed by atoms with Crippen molar-refractivity contribution in [1.29, 1.82) is 0 Å². The van der Waals surface area contributed by atoms with Crippen LogP contribution in [0.25, 0.3) is 0 Å². The molecule has 0 saturated carbocycles. The number of hydrogen-bond donors (Lipinski definition) is 3. The van der Waals surface area contributed by atoms with E-state index in [1.807, 2.05) is 12.1 Å². The molecule has 19 heteroatoms. The van der Waals surface area contributed by atoms with Gasteiger partial charge in [0.2, 0.25) is 5.69 Å². The summed E-state index contributed by atoms with van der Waals surface area (Å²) in [5.74, 6) is -4.40. The van der Waals surface area contributed by atoms with Crippen molar-refractivity contribution in [1.82, 2.24) is 20.0 Å². The van der Waals surface area contributed by atoms with Crippen molar-refractivity contribution in [2.24, 2.45) is 11.3 Å². The van der Waals surface area contributed by atoms with Gasteiger partial charge in [0, 0.05) is 25.2 Å². The van der Waals surface area contributed by atoms with E-state index in [9.17, 15) is 41.3 Å². The number of piperidine rings is 1. The molecule has 1 aromatic heterocycles. The highest BCUT2D eigenvalue weighted by Crippen LogP contribution is 2.41. The number of halogens is 6. The molecule has 0 unspecified atom stereocenters. The van der Waals surface area contributed by atoms with E-state index in [1.165, 1.54) is 5.56 Å². The number of rotatable bonds is 7. The number of H-pyrrole nitrogens is 1. The van der Waals surface area contributed by atoms with Gasteiger partial charge in [-0.1, -0.05) is 32.0 Å². The third-order valence-corrected chi connectivity index (χ3v) is 7.10. The van der Waals surface area contributed by atoms with E-state index < -0.39 is 29.2 Å². The molecular weight excluding hydrogens is 636 g/mol. The van der Waals surface area contributed by atoms with Gasteiger partial charge in [-0.25, -0.2) is 9.59 Å². The number of carbonyl (C=O) groups excluding carboxylic acids is 1. The maximum Gasteiger partial charge on any atom is 0.490 e. The number of carbonyl (C=O) groups is 3. The normalized spacial score (nSPS) is 16.2. The van der Waals surface area contributed by atoms with Crippen molar-refractivity contribution < 1.29 is 60.6 Å². The van der Waals surface area contributed by atoms with Gasteiger partial charge >= 0.3 is 30.0 Å². The summed E-state index contributed by atoms with van der Waals surface area (Å²) in [6.07, 6.45) is -6.11. The molecular formula is C27H33F6N5O8. The number of likely N-dealkylation sites (tertiary alicyclic amines) is 2. The van der Waals surface area contributed by atoms with E-state index in [2.05, 4.69) is 41.1 Å². The van der Waals surface area contributed by atoms with Gasteiger partial charge in [0.05, 0.1) is 11.5 Å². The Labute approximate surface area is 258 Å². The Balaban J connectivity index is 0.000000440. The molecule has 2 fully saturated rings. The maximum absolute atomic E-state index is 12.8. The Morgan fingerprint density at radius 1 is 1.02 bits per heavy atom. The summed E-state index contributed by atoms with van der Waals surface area (Å²) in [5, 5.41) is 31.6. The van der Waals surface area contributed by atoms with Crippen LogP contribution in [0.5, 0.6) is 5.75 Å². The summed E-state index contributed by atoms with van der Waals surface area (Å²) >= 11 is 0. The minimum Gasteiger partial charge on any atom is -0.493 e. The second-order valence-electron chi connectivity index (χ2n) is 11.1.